The summed E-state index contributed by atoms with van der Waals surface area (Å²) >= 11 is 5.62. The second kappa shape index (κ2) is 9.05. The highest BCUT2D eigenvalue weighted by atomic mass is 32.1. The van der Waals surface area contributed by atoms with E-state index in [9.17, 15) is 4.39 Å². The third-order valence-corrected chi connectivity index (χ3v) is 5.09. The van der Waals surface area contributed by atoms with Crippen molar-refractivity contribution in [2.24, 2.45) is 0 Å². The molecule has 1 fully saturated rings. The van der Waals surface area contributed by atoms with E-state index in [0.29, 0.717) is 0 Å². The Bertz CT molecular complexity index is 708. The van der Waals surface area contributed by atoms with Crippen LogP contribution in [0.5, 0.6) is 0 Å². The van der Waals surface area contributed by atoms with Gasteiger partial charge in [0, 0.05) is 45.1 Å². The number of aromatic nitrogens is 1. The van der Waals surface area contributed by atoms with Crippen LogP contribution >= 0.6 is 12.2 Å². The molecule has 1 N–H and O–H groups in total. The van der Waals surface area contributed by atoms with Crippen LogP contribution in [0.15, 0.2) is 48.8 Å². The van der Waals surface area contributed by atoms with Gasteiger partial charge < -0.3 is 10.2 Å². The van der Waals surface area contributed by atoms with Gasteiger partial charge in [-0.3, -0.25) is 9.88 Å². The van der Waals surface area contributed by atoms with Gasteiger partial charge >= 0.3 is 0 Å². The second-order valence-corrected chi connectivity index (χ2v) is 7.09. The fourth-order valence-corrected chi connectivity index (χ4v) is 3.55. The van der Waals surface area contributed by atoms with Crippen molar-refractivity contribution in [1.29, 1.82) is 0 Å². The Morgan fingerprint density at radius 1 is 1.19 bits per heavy atom. The summed E-state index contributed by atoms with van der Waals surface area (Å²) in [7, 11) is 0. The maximum absolute atomic E-state index is 13.1. The Morgan fingerprint density at radius 3 is 2.73 bits per heavy atom. The molecule has 1 atom stereocenters. The molecule has 0 radical (unpaired) electrons. The summed E-state index contributed by atoms with van der Waals surface area (Å²) in [6, 6.07) is 10.7. The maximum atomic E-state index is 13.1. The summed E-state index contributed by atoms with van der Waals surface area (Å²) in [6.07, 6.45) is 4.81. The molecule has 0 aliphatic carbocycles. The number of rotatable bonds is 4. The van der Waals surface area contributed by atoms with E-state index in [1.54, 1.807) is 18.3 Å². The Balaban J connectivity index is 1.51. The lowest BCUT2D eigenvalue weighted by Gasteiger charge is -2.27. The molecule has 1 aliphatic rings. The first-order valence-corrected chi connectivity index (χ1v) is 9.45. The lowest BCUT2D eigenvalue weighted by atomic mass is 10.1. The average Bonchev–Trinajstić information content (AvgIpc) is 2.89. The van der Waals surface area contributed by atoms with Crippen molar-refractivity contribution in [1.82, 2.24) is 20.1 Å². The predicted octanol–water partition coefficient (Wildman–Crippen LogP) is 3.36. The van der Waals surface area contributed by atoms with E-state index < -0.39 is 0 Å². The molecule has 1 aromatic heterocycles. The molecular weight excluding hydrogens is 347 g/mol. The molecule has 138 valence electrons. The molecule has 6 heteroatoms. The van der Waals surface area contributed by atoms with Gasteiger partial charge in [0.2, 0.25) is 0 Å². The van der Waals surface area contributed by atoms with E-state index in [-0.39, 0.29) is 11.9 Å². The zero-order valence-electron chi connectivity index (χ0n) is 15.1. The summed E-state index contributed by atoms with van der Waals surface area (Å²) in [6.45, 7) is 6.86. The summed E-state index contributed by atoms with van der Waals surface area (Å²) in [4.78, 5) is 8.87. The third-order valence-electron chi connectivity index (χ3n) is 4.71. The van der Waals surface area contributed by atoms with E-state index >= 15 is 0 Å². The fraction of sp³-hybridized carbons (Fsp3) is 0.400. The Kier molecular flexibility index (Phi) is 6.52. The van der Waals surface area contributed by atoms with E-state index in [1.165, 1.54) is 17.7 Å². The molecule has 4 nitrogen and oxygen atoms in total. The highest BCUT2D eigenvalue weighted by Gasteiger charge is 2.18. The van der Waals surface area contributed by atoms with Gasteiger partial charge in [0.15, 0.2) is 5.11 Å². The van der Waals surface area contributed by atoms with Crippen molar-refractivity contribution in [2.45, 2.75) is 25.9 Å². The van der Waals surface area contributed by atoms with Gasteiger partial charge in [-0.2, -0.15) is 0 Å². The molecule has 26 heavy (non-hydrogen) atoms. The van der Waals surface area contributed by atoms with Crippen LogP contribution in [0, 0.1) is 5.82 Å². The quantitative estimate of drug-likeness (QED) is 0.832. The van der Waals surface area contributed by atoms with Crippen LogP contribution in [0.3, 0.4) is 0 Å². The normalized spacial score (nSPS) is 16.8. The average molecular weight is 373 g/mol. The molecule has 3 rings (SSSR count). The maximum Gasteiger partial charge on any atom is 0.169 e. The molecule has 0 amide bonds. The Morgan fingerprint density at radius 2 is 2.00 bits per heavy atom. The van der Waals surface area contributed by atoms with Gasteiger partial charge in [-0.1, -0.05) is 18.2 Å². The predicted molar refractivity (Wildman–Crippen MR) is 106 cm³/mol. The van der Waals surface area contributed by atoms with Crippen molar-refractivity contribution in [3.8, 4) is 0 Å². The number of nitrogens with one attached hydrogen (secondary N) is 1. The number of hydrogen-bond acceptors (Lipinski definition) is 3. The van der Waals surface area contributed by atoms with Crippen LogP contribution < -0.4 is 5.32 Å². The second-order valence-electron chi connectivity index (χ2n) is 6.70. The first kappa shape index (κ1) is 18.7. The first-order chi connectivity index (χ1) is 12.6. The number of pyridine rings is 1. The summed E-state index contributed by atoms with van der Waals surface area (Å²) < 4.78 is 13.1. The fourth-order valence-electron chi connectivity index (χ4n) is 3.19. The molecule has 0 spiro atoms. The first-order valence-electron chi connectivity index (χ1n) is 9.04. The zero-order valence-corrected chi connectivity index (χ0v) is 15.9. The summed E-state index contributed by atoms with van der Waals surface area (Å²) in [5.74, 6) is -0.218. The van der Waals surface area contributed by atoms with Gasteiger partial charge in [-0.05, 0) is 54.9 Å². The van der Waals surface area contributed by atoms with Crippen molar-refractivity contribution in [3.63, 3.8) is 0 Å². The molecule has 1 aromatic carbocycles. The topological polar surface area (TPSA) is 31.4 Å². The number of thiocarbonyl (C=S) groups is 1. The minimum absolute atomic E-state index is 0.0536. The smallest absolute Gasteiger partial charge is 0.169 e. The zero-order chi connectivity index (χ0) is 18.4. The number of halogens is 1. The minimum atomic E-state index is -0.218. The van der Waals surface area contributed by atoms with Crippen molar-refractivity contribution in [3.05, 3.63) is 65.7 Å². The van der Waals surface area contributed by atoms with Gasteiger partial charge in [0.1, 0.15) is 5.82 Å². The number of nitrogens with zero attached hydrogens (tertiary/aromatic N) is 3. The van der Waals surface area contributed by atoms with E-state index in [2.05, 4.69) is 26.2 Å². The highest BCUT2D eigenvalue weighted by molar-refractivity contribution is 7.80. The molecule has 2 aromatic rings. The molecule has 1 aliphatic heterocycles. The molecule has 0 bridgehead atoms. The Labute approximate surface area is 160 Å². The van der Waals surface area contributed by atoms with Crippen LogP contribution in [0.25, 0.3) is 0 Å². The van der Waals surface area contributed by atoms with Crippen LogP contribution in [0.1, 0.15) is 30.5 Å². The van der Waals surface area contributed by atoms with E-state index in [4.69, 9.17) is 12.2 Å². The van der Waals surface area contributed by atoms with Crippen molar-refractivity contribution < 1.29 is 4.39 Å². The van der Waals surface area contributed by atoms with Gasteiger partial charge in [-0.25, -0.2) is 4.39 Å². The van der Waals surface area contributed by atoms with Gasteiger partial charge in [-0.15, -0.1) is 0 Å². The SMILES string of the molecule is CC(NC(=S)N1CCCN(Cc2cccnc2)CC1)c1ccc(F)cc1. The van der Waals surface area contributed by atoms with Crippen molar-refractivity contribution in [2.75, 3.05) is 26.2 Å². The van der Waals surface area contributed by atoms with Crippen LogP contribution in [-0.4, -0.2) is 46.1 Å². The standard InChI is InChI=1S/C20H25FN4S/c1-16(18-5-7-19(21)8-6-18)23-20(26)25-11-3-10-24(12-13-25)15-17-4-2-9-22-14-17/h2,4-9,14,16H,3,10-13,15H2,1H3,(H,23,26). The Hall–Kier alpha value is -2.05. The van der Waals surface area contributed by atoms with E-state index in [1.807, 2.05) is 19.2 Å². The lowest BCUT2D eigenvalue weighted by molar-refractivity contribution is 0.277. The minimum Gasteiger partial charge on any atom is -0.356 e. The van der Waals surface area contributed by atoms with Gasteiger partial charge in [0.05, 0.1) is 6.04 Å². The van der Waals surface area contributed by atoms with Crippen LogP contribution in [-0.2, 0) is 6.54 Å². The monoisotopic (exact) mass is 372 g/mol. The molecule has 0 saturated carbocycles. The molecule has 2 heterocycles. The van der Waals surface area contributed by atoms with E-state index in [0.717, 1.165) is 49.8 Å². The third kappa shape index (κ3) is 5.22. The van der Waals surface area contributed by atoms with Crippen LogP contribution in [0.2, 0.25) is 0 Å². The lowest BCUT2D eigenvalue weighted by Crippen LogP contribution is -2.42. The van der Waals surface area contributed by atoms with Gasteiger partial charge in [0.25, 0.3) is 0 Å². The molecular formula is C20H25FN4S. The number of hydrogen-bond donors (Lipinski definition) is 1. The van der Waals surface area contributed by atoms with Crippen LogP contribution in [0.4, 0.5) is 4.39 Å². The highest BCUT2D eigenvalue weighted by Crippen LogP contribution is 2.14. The molecule has 1 saturated heterocycles. The summed E-state index contributed by atoms with van der Waals surface area (Å²) in [5, 5.41) is 4.15. The number of benzene rings is 1. The van der Waals surface area contributed by atoms with Crippen molar-refractivity contribution >= 4 is 17.3 Å². The summed E-state index contributed by atoms with van der Waals surface area (Å²) in [5.41, 5.74) is 2.27. The molecule has 1 unspecified atom stereocenters. The largest absolute Gasteiger partial charge is 0.356 e.